The Morgan fingerprint density at radius 1 is 1.29 bits per heavy atom. The summed E-state index contributed by atoms with van der Waals surface area (Å²) in [4.78, 5) is 11.9. The Kier molecular flexibility index (Phi) is 4.80. The second kappa shape index (κ2) is 6.25. The smallest absolute Gasteiger partial charge is 0.324 e. The molecule has 0 saturated carbocycles. The fraction of sp³-hybridized carbons (Fsp3) is 0.462. The van der Waals surface area contributed by atoms with Crippen LogP contribution in [0.3, 0.4) is 0 Å². The fourth-order valence-corrected chi connectivity index (χ4v) is 4.40. The van der Waals surface area contributed by atoms with Gasteiger partial charge in [0.25, 0.3) is 0 Å². The van der Waals surface area contributed by atoms with Gasteiger partial charge in [-0.25, -0.2) is 8.42 Å². The van der Waals surface area contributed by atoms with Crippen molar-refractivity contribution >= 4 is 28.6 Å². The van der Waals surface area contributed by atoms with E-state index in [1.165, 1.54) is 26.4 Å². The van der Waals surface area contributed by atoms with Crippen LogP contribution >= 0.6 is 12.6 Å². The molecular weight excluding hydrogens is 314 g/mol. The summed E-state index contributed by atoms with van der Waals surface area (Å²) in [5.41, 5.74) is 0. The molecule has 1 aromatic carbocycles. The third-order valence-electron chi connectivity index (χ3n) is 3.37. The molecular formula is C13H17NO5S2. The number of benzene rings is 1. The maximum Gasteiger partial charge on any atom is 0.324 e. The molecule has 0 aromatic heterocycles. The van der Waals surface area contributed by atoms with Crippen LogP contribution in [0.1, 0.15) is 6.42 Å². The van der Waals surface area contributed by atoms with E-state index in [9.17, 15) is 13.2 Å². The molecule has 1 aliphatic heterocycles. The lowest BCUT2D eigenvalue weighted by Gasteiger charge is -2.22. The summed E-state index contributed by atoms with van der Waals surface area (Å²) in [6, 6.07) is 5.20. The van der Waals surface area contributed by atoms with Crippen LogP contribution in [0.2, 0.25) is 0 Å². The van der Waals surface area contributed by atoms with Crippen molar-refractivity contribution in [2.45, 2.75) is 22.6 Å². The molecule has 1 heterocycles. The monoisotopic (exact) mass is 331 g/mol. The van der Waals surface area contributed by atoms with Crippen LogP contribution in [-0.4, -0.2) is 50.7 Å². The summed E-state index contributed by atoms with van der Waals surface area (Å²) in [6.45, 7) is 0.178. The number of carbonyl (C=O) groups excluding carboxylic acids is 1. The lowest BCUT2D eigenvalue weighted by Crippen LogP contribution is -2.41. The van der Waals surface area contributed by atoms with Gasteiger partial charge in [-0.2, -0.15) is 16.9 Å². The van der Waals surface area contributed by atoms with Gasteiger partial charge in [0, 0.05) is 11.8 Å². The number of esters is 1. The number of nitrogens with zero attached hydrogens (tertiary/aromatic N) is 1. The molecule has 1 aliphatic rings. The number of carbonyl (C=O) groups is 1. The Morgan fingerprint density at radius 2 is 1.90 bits per heavy atom. The molecule has 0 radical (unpaired) electrons. The highest BCUT2D eigenvalue weighted by Crippen LogP contribution is 2.30. The minimum Gasteiger partial charge on any atom is -0.497 e. The summed E-state index contributed by atoms with van der Waals surface area (Å²) < 4.78 is 36.1. The molecule has 1 aromatic rings. The molecule has 1 fully saturated rings. The van der Waals surface area contributed by atoms with E-state index in [2.05, 4.69) is 17.4 Å². The van der Waals surface area contributed by atoms with Crippen LogP contribution < -0.4 is 4.74 Å². The van der Waals surface area contributed by atoms with Gasteiger partial charge in [0.15, 0.2) is 0 Å². The van der Waals surface area contributed by atoms with Gasteiger partial charge >= 0.3 is 5.97 Å². The van der Waals surface area contributed by atoms with Gasteiger partial charge in [0.2, 0.25) is 10.0 Å². The maximum atomic E-state index is 12.7. The first-order valence-electron chi connectivity index (χ1n) is 6.32. The lowest BCUT2D eigenvalue weighted by atomic mass is 10.2. The van der Waals surface area contributed by atoms with Crippen LogP contribution in [-0.2, 0) is 19.6 Å². The minimum atomic E-state index is -3.77. The Hall–Kier alpha value is -1.25. The first kappa shape index (κ1) is 16.1. The summed E-state index contributed by atoms with van der Waals surface area (Å²) in [5, 5.41) is -0.192. The Balaban J connectivity index is 2.34. The largest absolute Gasteiger partial charge is 0.497 e. The molecule has 0 amide bonds. The van der Waals surface area contributed by atoms with Crippen molar-refractivity contribution in [3.05, 3.63) is 24.3 Å². The Bertz CT molecular complexity index is 614. The van der Waals surface area contributed by atoms with Gasteiger partial charge in [0.05, 0.1) is 19.1 Å². The van der Waals surface area contributed by atoms with Gasteiger partial charge in [0.1, 0.15) is 11.8 Å². The molecule has 8 heteroatoms. The topological polar surface area (TPSA) is 72.9 Å². The van der Waals surface area contributed by atoms with E-state index >= 15 is 0 Å². The average Bonchev–Trinajstić information content (AvgIpc) is 2.89. The zero-order chi connectivity index (χ0) is 15.6. The molecule has 0 aliphatic carbocycles. The van der Waals surface area contributed by atoms with Crippen molar-refractivity contribution in [2.75, 3.05) is 20.8 Å². The predicted molar refractivity (Wildman–Crippen MR) is 80.1 cm³/mol. The fourth-order valence-electron chi connectivity index (χ4n) is 2.28. The number of sulfonamides is 1. The van der Waals surface area contributed by atoms with E-state index in [1.807, 2.05) is 0 Å². The average molecular weight is 331 g/mol. The second-order valence-corrected chi connectivity index (χ2v) is 7.30. The molecule has 1 saturated heterocycles. The van der Waals surface area contributed by atoms with Gasteiger partial charge in [-0.15, -0.1) is 0 Å². The molecule has 6 nitrogen and oxygen atoms in total. The third-order valence-corrected chi connectivity index (χ3v) is 5.64. The van der Waals surface area contributed by atoms with Gasteiger partial charge in [-0.1, -0.05) is 0 Å². The molecule has 0 N–H and O–H groups in total. The number of hydrogen-bond acceptors (Lipinski definition) is 6. The highest BCUT2D eigenvalue weighted by molar-refractivity contribution is 7.89. The van der Waals surface area contributed by atoms with Crippen LogP contribution in [0.4, 0.5) is 0 Å². The van der Waals surface area contributed by atoms with Crippen LogP contribution in [0, 0.1) is 0 Å². The molecule has 1 unspecified atom stereocenters. The van der Waals surface area contributed by atoms with E-state index in [4.69, 9.17) is 4.74 Å². The summed E-state index contributed by atoms with van der Waals surface area (Å²) in [7, 11) is -1.03. The van der Waals surface area contributed by atoms with E-state index in [1.54, 1.807) is 12.1 Å². The number of thiol groups is 1. The van der Waals surface area contributed by atoms with Gasteiger partial charge < -0.3 is 9.47 Å². The Labute approximate surface area is 129 Å². The summed E-state index contributed by atoms with van der Waals surface area (Å²) >= 11 is 4.29. The van der Waals surface area contributed by atoms with E-state index < -0.39 is 22.0 Å². The standard InChI is InChI=1S/C13H17NO5S2/c1-18-9-3-5-11(6-4-9)21(16,17)14-8-10(20)7-12(14)13(15)19-2/h3-6,10,12,20H,7-8H2,1-2H3/t10?,12-/m1/s1. The molecule has 2 atom stereocenters. The van der Waals surface area contributed by atoms with Crippen molar-refractivity contribution in [2.24, 2.45) is 0 Å². The predicted octanol–water partition coefficient (Wildman–Crippen LogP) is 0.930. The Morgan fingerprint density at radius 3 is 2.43 bits per heavy atom. The summed E-state index contributed by atoms with van der Waals surface area (Å²) in [6.07, 6.45) is 0.338. The molecule has 21 heavy (non-hydrogen) atoms. The third kappa shape index (κ3) is 3.17. The normalized spacial score (nSPS) is 23.0. The summed E-state index contributed by atoms with van der Waals surface area (Å²) in [5.74, 6) is -0.00408. The quantitative estimate of drug-likeness (QED) is 0.656. The number of ether oxygens (including phenoxy) is 2. The van der Waals surface area contributed by atoms with Crippen molar-refractivity contribution in [3.63, 3.8) is 0 Å². The van der Waals surface area contributed by atoms with Crippen LogP contribution in [0.15, 0.2) is 29.2 Å². The SMILES string of the molecule is COC(=O)[C@H]1CC(S)CN1S(=O)(=O)c1ccc(OC)cc1. The first-order valence-corrected chi connectivity index (χ1v) is 8.27. The first-order chi connectivity index (χ1) is 9.90. The van der Waals surface area contributed by atoms with Crippen LogP contribution in [0.5, 0.6) is 5.75 Å². The van der Waals surface area contributed by atoms with Crippen molar-refractivity contribution in [1.29, 1.82) is 0 Å². The lowest BCUT2D eigenvalue weighted by molar-refractivity contribution is -0.144. The minimum absolute atomic E-state index is 0.111. The van der Waals surface area contributed by atoms with E-state index in [0.29, 0.717) is 12.2 Å². The van der Waals surface area contributed by atoms with E-state index in [0.717, 1.165) is 4.31 Å². The van der Waals surface area contributed by atoms with E-state index in [-0.39, 0.29) is 16.7 Å². The molecule has 0 spiro atoms. The number of methoxy groups -OCH3 is 2. The van der Waals surface area contributed by atoms with Crippen molar-refractivity contribution in [3.8, 4) is 5.75 Å². The molecule has 116 valence electrons. The van der Waals surface area contributed by atoms with Gasteiger partial charge in [-0.05, 0) is 30.7 Å². The maximum absolute atomic E-state index is 12.7. The zero-order valence-corrected chi connectivity index (χ0v) is 13.4. The van der Waals surface area contributed by atoms with Crippen molar-refractivity contribution in [1.82, 2.24) is 4.31 Å². The number of rotatable bonds is 4. The number of hydrogen-bond donors (Lipinski definition) is 1. The zero-order valence-electron chi connectivity index (χ0n) is 11.7. The second-order valence-electron chi connectivity index (χ2n) is 4.68. The van der Waals surface area contributed by atoms with Gasteiger partial charge in [-0.3, -0.25) is 4.79 Å². The highest BCUT2D eigenvalue weighted by Gasteiger charge is 2.43. The molecule has 0 bridgehead atoms. The highest BCUT2D eigenvalue weighted by atomic mass is 32.2. The van der Waals surface area contributed by atoms with Crippen LogP contribution in [0.25, 0.3) is 0 Å². The van der Waals surface area contributed by atoms with Crippen molar-refractivity contribution < 1.29 is 22.7 Å². The molecule has 2 rings (SSSR count).